The molecule has 2 aromatic rings. The normalized spacial score (nSPS) is 23.3. The third kappa shape index (κ3) is 4.11. The molecule has 0 spiro atoms. The summed E-state index contributed by atoms with van der Waals surface area (Å²) >= 11 is 0. The summed E-state index contributed by atoms with van der Waals surface area (Å²) in [6.07, 6.45) is 5.84. The summed E-state index contributed by atoms with van der Waals surface area (Å²) in [6, 6.07) is 2.65. The molecule has 4 heterocycles. The van der Waals surface area contributed by atoms with Gasteiger partial charge in [0.1, 0.15) is 17.9 Å². The average Bonchev–Trinajstić information content (AvgIpc) is 3.36. The van der Waals surface area contributed by atoms with Crippen LogP contribution in [-0.4, -0.2) is 83.1 Å². The summed E-state index contributed by atoms with van der Waals surface area (Å²) in [5.41, 5.74) is 0. The number of sulfonamides is 1. The fraction of sp³-hybridized carbons (Fsp3) is 0.500. The third-order valence-electron chi connectivity index (χ3n) is 5.02. The van der Waals surface area contributed by atoms with Gasteiger partial charge in [-0.15, -0.1) is 0 Å². The van der Waals surface area contributed by atoms with Gasteiger partial charge in [0.2, 0.25) is 5.91 Å². The van der Waals surface area contributed by atoms with Crippen LogP contribution in [0.1, 0.15) is 6.42 Å². The fourth-order valence-corrected chi connectivity index (χ4v) is 5.18. The van der Waals surface area contributed by atoms with Crippen molar-refractivity contribution in [3.05, 3.63) is 37.1 Å². The van der Waals surface area contributed by atoms with Gasteiger partial charge in [0.05, 0.1) is 32.3 Å². The van der Waals surface area contributed by atoms with E-state index in [-0.39, 0.29) is 23.9 Å². The average molecular weight is 421 g/mol. The Labute approximate surface area is 169 Å². The molecule has 0 saturated carbocycles. The van der Waals surface area contributed by atoms with Crippen molar-refractivity contribution >= 4 is 15.9 Å². The van der Waals surface area contributed by atoms with Gasteiger partial charge in [0, 0.05) is 39.0 Å². The quantitative estimate of drug-likeness (QED) is 0.663. The van der Waals surface area contributed by atoms with Crippen molar-refractivity contribution < 1.29 is 22.7 Å². The molecule has 10 nitrogen and oxygen atoms in total. The first-order valence-electron chi connectivity index (χ1n) is 9.38. The Morgan fingerprint density at radius 3 is 2.76 bits per heavy atom. The molecule has 0 unspecified atom stereocenters. The van der Waals surface area contributed by atoms with E-state index in [0.29, 0.717) is 32.1 Å². The van der Waals surface area contributed by atoms with Gasteiger partial charge in [0.25, 0.3) is 10.0 Å². The van der Waals surface area contributed by atoms with Crippen molar-refractivity contribution in [3.63, 3.8) is 0 Å². The highest BCUT2D eigenvalue weighted by molar-refractivity contribution is 7.89. The van der Waals surface area contributed by atoms with Gasteiger partial charge in [-0.1, -0.05) is 0 Å². The molecule has 156 valence electrons. The summed E-state index contributed by atoms with van der Waals surface area (Å²) in [6.45, 7) is 1.85. The second-order valence-corrected chi connectivity index (χ2v) is 8.91. The van der Waals surface area contributed by atoms with Crippen LogP contribution in [-0.2, 0) is 26.6 Å². The number of hydrogen-bond donors (Lipinski definition) is 0. The number of ether oxygens (including phenoxy) is 2. The minimum Gasteiger partial charge on any atom is -0.487 e. The Balaban J connectivity index is 1.60. The lowest BCUT2D eigenvalue weighted by Gasteiger charge is -2.31. The first-order valence-corrected chi connectivity index (χ1v) is 10.8. The molecule has 2 fully saturated rings. The van der Waals surface area contributed by atoms with E-state index in [9.17, 15) is 13.2 Å². The molecule has 2 aromatic heterocycles. The minimum atomic E-state index is -3.95. The van der Waals surface area contributed by atoms with Gasteiger partial charge >= 0.3 is 0 Å². The topological polar surface area (TPSA) is 107 Å². The van der Waals surface area contributed by atoms with E-state index in [1.54, 1.807) is 41.0 Å². The zero-order chi connectivity index (χ0) is 20.4. The van der Waals surface area contributed by atoms with Crippen LogP contribution in [0.2, 0.25) is 0 Å². The number of carbonyl (C=O) groups is 1. The van der Waals surface area contributed by atoms with Crippen molar-refractivity contribution in [2.75, 3.05) is 32.8 Å². The van der Waals surface area contributed by atoms with Gasteiger partial charge in [-0.2, -0.15) is 4.31 Å². The molecule has 11 heteroatoms. The van der Waals surface area contributed by atoms with Crippen molar-refractivity contribution in [1.82, 2.24) is 23.7 Å². The van der Waals surface area contributed by atoms with Crippen molar-refractivity contribution in [2.45, 2.75) is 23.6 Å². The summed E-state index contributed by atoms with van der Waals surface area (Å²) in [4.78, 5) is 22.8. The molecule has 2 atom stereocenters. The lowest BCUT2D eigenvalue weighted by atomic mass is 10.1. The predicted molar refractivity (Wildman–Crippen MR) is 102 cm³/mol. The first kappa shape index (κ1) is 19.8. The summed E-state index contributed by atoms with van der Waals surface area (Å²) in [5, 5.41) is -0.0817. The number of aromatic nitrogens is 3. The van der Waals surface area contributed by atoms with E-state index in [1.165, 1.54) is 16.8 Å². The second kappa shape index (κ2) is 8.09. The lowest BCUT2D eigenvalue weighted by Crippen LogP contribution is -2.51. The second-order valence-electron chi connectivity index (χ2n) is 7.07. The van der Waals surface area contributed by atoms with Gasteiger partial charge in [0.15, 0.2) is 5.03 Å². The smallest absolute Gasteiger partial charge is 0.262 e. The number of rotatable bonds is 5. The van der Waals surface area contributed by atoms with Crippen LogP contribution in [0.4, 0.5) is 0 Å². The number of morpholine rings is 1. The van der Waals surface area contributed by atoms with Crippen LogP contribution < -0.4 is 4.74 Å². The number of hydrogen-bond acceptors (Lipinski definition) is 7. The van der Waals surface area contributed by atoms with Gasteiger partial charge in [-0.3, -0.25) is 9.78 Å². The standard InChI is InChI=1S/C18H23N5O5S/c1-21-12-17(20-13-21)29(25,26)23-11-15(28-14-3-2-4-19-10-14)9-16(23)18(24)22-5-7-27-8-6-22/h2-4,10,12-13,15-16H,5-9,11H2,1H3/t15-,16+/m0/s1. The monoisotopic (exact) mass is 421 g/mol. The Bertz CT molecular complexity index is 958. The van der Waals surface area contributed by atoms with Gasteiger partial charge in [-0.05, 0) is 12.1 Å². The van der Waals surface area contributed by atoms with Crippen molar-refractivity contribution in [1.29, 1.82) is 0 Å². The molecule has 4 rings (SSSR count). The number of pyridine rings is 1. The van der Waals surface area contributed by atoms with Crippen LogP contribution in [0.15, 0.2) is 42.1 Å². The molecule has 0 N–H and O–H groups in total. The maximum Gasteiger partial charge on any atom is 0.262 e. The largest absolute Gasteiger partial charge is 0.487 e. The van der Waals surface area contributed by atoms with Crippen LogP contribution >= 0.6 is 0 Å². The highest BCUT2D eigenvalue weighted by atomic mass is 32.2. The van der Waals surface area contributed by atoms with Crippen LogP contribution in [0.25, 0.3) is 0 Å². The van der Waals surface area contributed by atoms with Gasteiger partial charge < -0.3 is 18.9 Å². The molecule has 2 aliphatic rings. The molecule has 29 heavy (non-hydrogen) atoms. The van der Waals surface area contributed by atoms with E-state index >= 15 is 0 Å². The van der Waals surface area contributed by atoms with E-state index in [0.717, 1.165) is 0 Å². The maximum atomic E-state index is 13.2. The number of imidazole rings is 1. The van der Waals surface area contributed by atoms with E-state index < -0.39 is 22.2 Å². The number of nitrogens with zero attached hydrogens (tertiary/aromatic N) is 5. The SMILES string of the molecule is Cn1cnc(S(=O)(=O)N2C[C@@H](Oc3cccnc3)C[C@@H]2C(=O)N2CCOCC2)c1. The Hall–Kier alpha value is -2.50. The van der Waals surface area contributed by atoms with E-state index in [4.69, 9.17) is 9.47 Å². The highest BCUT2D eigenvalue weighted by Gasteiger charge is 2.47. The fourth-order valence-electron chi connectivity index (χ4n) is 3.59. The van der Waals surface area contributed by atoms with E-state index in [2.05, 4.69) is 9.97 Å². The molecule has 2 saturated heterocycles. The molecule has 0 radical (unpaired) electrons. The molecule has 0 aliphatic carbocycles. The van der Waals surface area contributed by atoms with Crippen LogP contribution in [0.5, 0.6) is 5.75 Å². The van der Waals surface area contributed by atoms with Crippen molar-refractivity contribution in [2.24, 2.45) is 7.05 Å². The zero-order valence-electron chi connectivity index (χ0n) is 16.0. The lowest BCUT2D eigenvalue weighted by molar-refractivity contribution is -0.138. The Morgan fingerprint density at radius 1 is 1.31 bits per heavy atom. The maximum absolute atomic E-state index is 13.2. The third-order valence-corrected chi connectivity index (χ3v) is 6.78. The Morgan fingerprint density at radius 2 is 2.10 bits per heavy atom. The zero-order valence-corrected chi connectivity index (χ0v) is 16.9. The van der Waals surface area contributed by atoms with Crippen molar-refractivity contribution in [3.8, 4) is 5.75 Å². The predicted octanol–water partition coefficient (Wildman–Crippen LogP) is -0.115. The summed E-state index contributed by atoms with van der Waals surface area (Å²) in [5.74, 6) is 0.303. The molecule has 0 aromatic carbocycles. The number of amides is 1. The van der Waals surface area contributed by atoms with Crippen LogP contribution in [0.3, 0.4) is 0 Å². The minimum absolute atomic E-state index is 0.0640. The number of aryl methyl sites for hydroxylation is 1. The molecular formula is C18H23N5O5S. The molecule has 2 aliphatic heterocycles. The molecular weight excluding hydrogens is 398 g/mol. The molecule has 1 amide bonds. The van der Waals surface area contributed by atoms with Crippen LogP contribution in [0, 0.1) is 0 Å². The number of carbonyl (C=O) groups excluding carboxylic acids is 1. The Kier molecular flexibility index (Phi) is 5.52. The van der Waals surface area contributed by atoms with E-state index in [1.807, 2.05) is 0 Å². The van der Waals surface area contributed by atoms with Gasteiger partial charge in [-0.25, -0.2) is 13.4 Å². The molecule has 0 bridgehead atoms. The first-order chi connectivity index (χ1) is 13.9. The summed E-state index contributed by atoms with van der Waals surface area (Å²) in [7, 11) is -2.25. The highest BCUT2D eigenvalue weighted by Crippen LogP contribution is 2.29. The summed E-state index contributed by atoms with van der Waals surface area (Å²) < 4.78 is 40.5.